The van der Waals surface area contributed by atoms with Gasteiger partial charge in [-0.05, 0) is 79.1 Å². The lowest BCUT2D eigenvalue weighted by Gasteiger charge is -2.28. The first-order valence-corrected chi connectivity index (χ1v) is 15.9. The maximum absolute atomic E-state index is 11.9. The third kappa shape index (κ3) is 11.6. The molecule has 0 N–H and O–H groups in total. The molecular formula is C39H45NO5. The standard InChI is InChI=1S/C39H45NO5/c1-3-44-38(41)16-10-11-27-40(28-33-23-25-36(26-24-33)39(42)43-2)29-37(35-14-8-5-9-15-35)45-30-34-21-19-32(20-22-34)18-17-31-12-6-4-7-13-31/h4-9,12-15,19-26,37H,3,10-11,16-18,27-30H2,1-2H3. The fraction of sp³-hybridized carbons (Fsp3) is 0.333. The molecule has 0 spiro atoms. The van der Waals surface area contributed by atoms with Gasteiger partial charge in [-0.25, -0.2) is 4.79 Å². The van der Waals surface area contributed by atoms with E-state index >= 15 is 0 Å². The van der Waals surface area contributed by atoms with Gasteiger partial charge < -0.3 is 14.2 Å². The molecule has 6 heteroatoms. The molecule has 0 aliphatic rings. The predicted molar refractivity (Wildman–Crippen MR) is 178 cm³/mol. The number of esters is 2. The second-order valence-electron chi connectivity index (χ2n) is 11.2. The van der Waals surface area contributed by atoms with Crippen molar-refractivity contribution in [2.24, 2.45) is 0 Å². The monoisotopic (exact) mass is 607 g/mol. The molecule has 1 atom stereocenters. The lowest BCUT2D eigenvalue weighted by Crippen LogP contribution is -2.30. The minimum atomic E-state index is -0.348. The third-order valence-corrected chi connectivity index (χ3v) is 7.81. The van der Waals surface area contributed by atoms with E-state index in [0.29, 0.717) is 38.3 Å². The molecule has 0 aliphatic carbocycles. The van der Waals surface area contributed by atoms with Crippen molar-refractivity contribution in [2.45, 2.75) is 58.3 Å². The van der Waals surface area contributed by atoms with Gasteiger partial charge in [-0.1, -0.05) is 97.1 Å². The van der Waals surface area contributed by atoms with Crippen LogP contribution in [0.2, 0.25) is 0 Å². The summed E-state index contributed by atoms with van der Waals surface area (Å²) in [5.41, 5.74) is 6.54. The Kier molecular flexibility index (Phi) is 13.8. The fourth-order valence-corrected chi connectivity index (χ4v) is 5.28. The zero-order chi connectivity index (χ0) is 31.7. The van der Waals surface area contributed by atoms with Crippen LogP contribution in [0.15, 0.2) is 109 Å². The molecule has 6 nitrogen and oxygen atoms in total. The zero-order valence-corrected chi connectivity index (χ0v) is 26.5. The number of methoxy groups -OCH3 is 1. The number of benzene rings is 4. The largest absolute Gasteiger partial charge is 0.466 e. The second kappa shape index (κ2) is 18.5. The van der Waals surface area contributed by atoms with Crippen molar-refractivity contribution >= 4 is 11.9 Å². The van der Waals surface area contributed by atoms with Crippen LogP contribution < -0.4 is 0 Å². The molecule has 45 heavy (non-hydrogen) atoms. The average molecular weight is 608 g/mol. The van der Waals surface area contributed by atoms with Gasteiger partial charge in [0.2, 0.25) is 0 Å². The summed E-state index contributed by atoms with van der Waals surface area (Å²) in [7, 11) is 1.39. The van der Waals surface area contributed by atoms with Gasteiger partial charge in [0.15, 0.2) is 0 Å². The van der Waals surface area contributed by atoms with Crippen LogP contribution in [0.5, 0.6) is 0 Å². The van der Waals surface area contributed by atoms with Crippen molar-refractivity contribution in [3.05, 3.63) is 143 Å². The van der Waals surface area contributed by atoms with Gasteiger partial charge in [-0.15, -0.1) is 0 Å². The molecule has 1 unspecified atom stereocenters. The molecule has 0 amide bonds. The molecule has 0 aromatic heterocycles. The van der Waals surface area contributed by atoms with E-state index in [1.165, 1.54) is 18.2 Å². The number of rotatable bonds is 18. The maximum Gasteiger partial charge on any atom is 0.337 e. The summed E-state index contributed by atoms with van der Waals surface area (Å²) in [5, 5.41) is 0. The van der Waals surface area contributed by atoms with Crippen LogP contribution in [0.1, 0.15) is 70.5 Å². The van der Waals surface area contributed by atoms with E-state index in [-0.39, 0.29) is 18.0 Å². The lowest BCUT2D eigenvalue weighted by molar-refractivity contribution is -0.143. The van der Waals surface area contributed by atoms with Crippen LogP contribution in [-0.4, -0.2) is 43.6 Å². The molecule has 236 valence electrons. The second-order valence-corrected chi connectivity index (χ2v) is 11.2. The average Bonchev–Trinajstić information content (AvgIpc) is 3.09. The Morgan fingerprint density at radius 2 is 1.31 bits per heavy atom. The first kappa shape index (κ1) is 33.6. The van der Waals surface area contributed by atoms with Crippen LogP contribution in [0.3, 0.4) is 0 Å². The molecule has 4 rings (SSSR count). The number of carbonyl (C=O) groups excluding carboxylic acids is 2. The van der Waals surface area contributed by atoms with E-state index in [4.69, 9.17) is 14.2 Å². The Morgan fingerprint density at radius 1 is 0.711 bits per heavy atom. The van der Waals surface area contributed by atoms with Gasteiger partial charge in [0.1, 0.15) is 0 Å². The molecule has 0 bridgehead atoms. The quantitative estimate of drug-likeness (QED) is 0.0851. The summed E-state index contributed by atoms with van der Waals surface area (Å²) in [6.07, 6.45) is 3.89. The molecule has 0 saturated heterocycles. The van der Waals surface area contributed by atoms with Crippen molar-refractivity contribution < 1.29 is 23.8 Å². The third-order valence-electron chi connectivity index (χ3n) is 7.81. The van der Waals surface area contributed by atoms with E-state index in [1.54, 1.807) is 12.1 Å². The van der Waals surface area contributed by atoms with E-state index < -0.39 is 0 Å². The molecule has 0 aliphatic heterocycles. The Labute approximate surface area is 268 Å². The Bertz CT molecular complexity index is 1420. The number of ether oxygens (including phenoxy) is 3. The molecule has 4 aromatic rings. The van der Waals surface area contributed by atoms with Crippen molar-refractivity contribution in [1.29, 1.82) is 0 Å². The van der Waals surface area contributed by atoms with Crippen LogP contribution in [0.25, 0.3) is 0 Å². The van der Waals surface area contributed by atoms with Gasteiger partial charge in [0, 0.05) is 19.5 Å². The highest BCUT2D eigenvalue weighted by molar-refractivity contribution is 5.89. The van der Waals surface area contributed by atoms with Crippen molar-refractivity contribution in [2.75, 3.05) is 26.8 Å². The lowest BCUT2D eigenvalue weighted by atomic mass is 10.0. The first-order chi connectivity index (χ1) is 22.0. The number of aryl methyl sites for hydroxylation is 2. The number of unbranched alkanes of at least 4 members (excludes halogenated alkanes) is 1. The number of nitrogens with zero attached hydrogens (tertiary/aromatic N) is 1. The predicted octanol–water partition coefficient (Wildman–Crippen LogP) is 7.75. The SMILES string of the molecule is CCOC(=O)CCCCN(Cc1ccc(C(=O)OC)cc1)CC(OCc1ccc(CCc2ccccc2)cc1)c1ccccc1. The number of carbonyl (C=O) groups is 2. The van der Waals surface area contributed by atoms with E-state index in [1.807, 2.05) is 37.3 Å². The molecule has 0 heterocycles. The molecule has 0 saturated carbocycles. The van der Waals surface area contributed by atoms with Crippen molar-refractivity contribution in [1.82, 2.24) is 4.90 Å². The minimum Gasteiger partial charge on any atom is -0.466 e. The number of hydrogen-bond donors (Lipinski definition) is 0. The smallest absolute Gasteiger partial charge is 0.337 e. The Morgan fingerprint density at radius 3 is 1.96 bits per heavy atom. The van der Waals surface area contributed by atoms with Gasteiger partial charge in [0.05, 0.1) is 32.0 Å². The summed E-state index contributed by atoms with van der Waals surface area (Å²) in [6, 6.07) is 37.2. The van der Waals surface area contributed by atoms with E-state index in [2.05, 4.69) is 71.6 Å². The van der Waals surface area contributed by atoms with Crippen LogP contribution >= 0.6 is 0 Å². The molecule has 0 radical (unpaired) electrons. The van der Waals surface area contributed by atoms with Gasteiger partial charge >= 0.3 is 11.9 Å². The Balaban J connectivity index is 1.42. The normalized spacial score (nSPS) is 11.7. The fourth-order valence-electron chi connectivity index (χ4n) is 5.28. The molecule has 4 aromatic carbocycles. The van der Waals surface area contributed by atoms with Gasteiger partial charge in [-0.3, -0.25) is 9.69 Å². The highest BCUT2D eigenvalue weighted by Gasteiger charge is 2.18. The van der Waals surface area contributed by atoms with Crippen LogP contribution in [0, 0.1) is 0 Å². The maximum atomic E-state index is 11.9. The summed E-state index contributed by atoms with van der Waals surface area (Å²) in [5.74, 6) is -0.502. The molecular weight excluding hydrogens is 562 g/mol. The number of hydrogen-bond acceptors (Lipinski definition) is 6. The minimum absolute atomic E-state index is 0.150. The zero-order valence-electron chi connectivity index (χ0n) is 26.5. The van der Waals surface area contributed by atoms with E-state index in [0.717, 1.165) is 48.9 Å². The van der Waals surface area contributed by atoms with Crippen LogP contribution in [0.4, 0.5) is 0 Å². The summed E-state index contributed by atoms with van der Waals surface area (Å²) < 4.78 is 16.6. The summed E-state index contributed by atoms with van der Waals surface area (Å²) in [4.78, 5) is 26.2. The van der Waals surface area contributed by atoms with Crippen molar-refractivity contribution in [3.63, 3.8) is 0 Å². The summed E-state index contributed by atoms with van der Waals surface area (Å²) >= 11 is 0. The van der Waals surface area contributed by atoms with Crippen LogP contribution in [-0.2, 0) is 45.0 Å². The van der Waals surface area contributed by atoms with E-state index in [9.17, 15) is 9.59 Å². The topological polar surface area (TPSA) is 65.1 Å². The first-order valence-electron chi connectivity index (χ1n) is 15.9. The Hall–Kier alpha value is -4.26. The van der Waals surface area contributed by atoms with Crippen molar-refractivity contribution in [3.8, 4) is 0 Å². The summed E-state index contributed by atoms with van der Waals surface area (Å²) in [6.45, 7) is 4.89. The van der Waals surface area contributed by atoms with Gasteiger partial charge in [0.25, 0.3) is 0 Å². The molecule has 0 fully saturated rings. The highest BCUT2D eigenvalue weighted by Crippen LogP contribution is 2.23. The highest BCUT2D eigenvalue weighted by atomic mass is 16.5. The van der Waals surface area contributed by atoms with Gasteiger partial charge in [-0.2, -0.15) is 0 Å².